The number of rotatable bonds is 5. The summed E-state index contributed by atoms with van der Waals surface area (Å²) in [5.74, 6) is 0.329. The number of nitrogens with one attached hydrogen (secondary N) is 1. The normalized spacial score (nSPS) is 12.1. The minimum atomic E-state index is -4.74. The Morgan fingerprint density at radius 3 is 2.45 bits per heavy atom. The van der Waals surface area contributed by atoms with Crippen LogP contribution in [0.5, 0.6) is 5.75 Å². The van der Waals surface area contributed by atoms with Gasteiger partial charge in [0.1, 0.15) is 10.6 Å². The molecular formula is C18H14ClF3N2O4S. The molecule has 0 aliphatic carbocycles. The van der Waals surface area contributed by atoms with Crippen LogP contribution in [0.3, 0.4) is 0 Å². The maximum atomic E-state index is 13.0. The maximum absolute atomic E-state index is 13.0. The first-order valence-corrected chi connectivity index (χ1v) is 9.88. The standard InChI is InChI=1S/C18H14ClF3N2O4S/c1-10-7-16(28-23-10)11-3-6-15(27-2)17(8-11)29(25,26)24-12-4-5-14(19)13(9-12)18(20,21)22/h3-9,24H,1-2H3. The van der Waals surface area contributed by atoms with Crippen molar-refractivity contribution >= 4 is 27.3 Å². The third-order valence-electron chi connectivity index (χ3n) is 3.89. The summed E-state index contributed by atoms with van der Waals surface area (Å²) in [7, 11) is -3.03. The molecule has 154 valence electrons. The van der Waals surface area contributed by atoms with Gasteiger partial charge in [0.15, 0.2) is 5.76 Å². The molecule has 1 aromatic heterocycles. The number of aromatic nitrogens is 1. The number of aryl methyl sites for hydroxylation is 1. The highest BCUT2D eigenvalue weighted by atomic mass is 35.5. The largest absolute Gasteiger partial charge is 0.495 e. The zero-order chi connectivity index (χ0) is 21.4. The smallest absolute Gasteiger partial charge is 0.417 e. The van der Waals surface area contributed by atoms with Gasteiger partial charge in [-0.05, 0) is 43.3 Å². The lowest BCUT2D eigenvalue weighted by Crippen LogP contribution is -2.15. The van der Waals surface area contributed by atoms with E-state index in [-0.39, 0.29) is 16.3 Å². The summed E-state index contributed by atoms with van der Waals surface area (Å²) in [4.78, 5) is -0.282. The van der Waals surface area contributed by atoms with Gasteiger partial charge in [-0.2, -0.15) is 13.2 Å². The Morgan fingerprint density at radius 1 is 1.14 bits per heavy atom. The lowest BCUT2D eigenvalue weighted by molar-refractivity contribution is -0.137. The van der Waals surface area contributed by atoms with Gasteiger partial charge in [-0.25, -0.2) is 8.42 Å². The molecule has 3 rings (SSSR count). The minimum absolute atomic E-state index is 0.00231. The van der Waals surface area contributed by atoms with E-state index in [2.05, 4.69) is 9.88 Å². The summed E-state index contributed by atoms with van der Waals surface area (Å²) >= 11 is 5.57. The number of methoxy groups -OCH3 is 1. The molecule has 0 saturated heterocycles. The quantitative estimate of drug-likeness (QED) is 0.587. The number of ether oxygens (including phenoxy) is 1. The van der Waals surface area contributed by atoms with Crippen LogP contribution in [0.15, 0.2) is 51.9 Å². The first-order valence-electron chi connectivity index (χ1n) is 8.02. The van der Waals surface area contributed by atoms with Crippen molar-refractivity contribution in [1.82, 2.24) is 5.16 Å². The van der Waals surface area contributed by atoms with Crippen LogP contribution in [0.25, 0.3) is 11.3 Å². The van der Waals surface area contributed by atoms with E-state index >= 15 is 0 Å². The third kappa shape index (κ3) is 4.48. The zero-order valence-electron chi connectivity index (χ0n) is 15.0. The molecule has 0 saturated carbocycles. The fourth-order valence-corrected chi connectivity index (χ4v) is 4.03. The van der Waals surface area contributed by atoms with Crippen LogP contribution in [0.4, 0.5) is 18.9 Å². The number of hydrogen-bond acceptors (Lipinski definition) is 5. The lowest BCUT2D eigenvalue weighted by atomic mass is 10.1. The topological polar surface area (TPSA) is 81.4 Å². The van der Waals surface area contributed by atoms with Gasteiger partial charge in [-0.15, -0.1) is 0 Å². The molecule has 1 heterocycles. The van der Waals surface area contributed by atoms with Crippen LogP contribution in [0.2, 0.25) is 5.02 Å². The summed E-state index contributed by atoms with van der Waals surface area (Å²) in [6.07, 6.45) is -4.74. The summed E-state index contributed by atoms with van der Waals surface area (Å²) in [6.45, 7) is 1.70. The predicted molar refractivity (Wildman–Crippen MR) is 100 cm³/mol. The van der Waals surface area contributed by atoms with Crippen LogP contribution in [0.1, 0.15) is 11.3 Å². The molecule has 2 aromatic carbocycles. The van der Waals surface area contributed by atoms with Gasteiger partial charge in [0.25, 0.3) is 10.0 Å². The molecule has 0 aliphatic rings. The van der Waals surface area contributed by atoms with Crippen LogP contribution in [-0.2, 0) is 16.2 Å². The van der Waals surface area contributed by atoms with Gasteiger partial charge in [0, 0.05) is 17.3 Å². The van der Waals surface area contributed by atoms with Crippen molar-refractivity contribution < 1.29 is 30.8 Å². The van der Waals surface area contributed by atoms with Gasteiger partial charge in [0.2, 0.25) is 0 Å². The van der Waals surface area contributed by atoms with E-state index in [1.54, 1.807) is 19.1 Å². The number of halogens is 4. The van der Waals surface area contributed by atoms with Crippen LogP contribution < -0.4 is 9.46 Å². The minimum Gasteiger partial charge on any atom is -0.495 e. The molecule has 0 fully saturated rings. The molecule has 0 radical (unpaired) electrons. The van der Waals surface area contributed by atoms with Crippen molar-refractivity contribution in [3.05, 3.63) is 58.7 Å². The molecule has 0 atom stereocenters. The summed E-state index contributed by atoms with van der Waals surface area (Å²) in [5.41, 5.74) is -0.458. The van der Waals surface area contributed by atoms with Crippen molar-refractivity contribution in [2.45, 2.75) is 18.0 Å². The zero-order valence-corrected chi connectivity index (χ0v) is 16.6. The molecule has 6 nitrogen and oxygen atoms in total. The van der Waals surface area contributed by atoms with Gasteiger partial charge < -0.3 is 9.26 Å². The van der Waals surface area contributed by atoms with Crippen LogP contribution >= 0.6 is 11.6 Å². The van der Waals surface area contributed by atoms with Crippen molar-refractivity contribution in [3.63, 3.8) is 0 Å². The number of nitrogens with zero attached hydrogens (tertiary/aromatic N) is 1. The van der Waals surface area contributed by atoms with E-state index in [4.69, 9.17) is 20.9 Å². The Hall–Kier alpha value is -2.72. The van der Waals surface area contributed by atoms with Gasteiger partial charge in [0.05, 0.1) is 23.4 Å². The average Bonchev–Trinajstić information content (AvgIpc) is 3.08. The second-order valence-electron chi connectivity index (χ2n) is 6.00. The maximum Gasteiger partial charge on any atom is 0.417 e. The Kier molecular flexibility index (Phi) is 5.50. The fourth-order valence-electron chi connectivity index (χ4n) is 2.56. The highest BCUT2D eigenvalue weighted by molar-refractivity contribution is 7.92. The van der Waals surface area contributed by atoms with E-state index in [1.165, 1.54) is 19.2 Å². The van der Waals surface area contributed by atoms with Crippen molar-refractivity contribution in [2.24, 2.45) is 0 Å². The lowest BCUT2D eigenvalue weighted by Gasteiger charge is -2.14. The molecule has 0 aliphatic heterocycles. The van der Waals surface area contributed by atoms with Crippen LogP contribution in [0, 0.1) is 6.92 Å². The number of alkyl halides is 3. The van der Waals surface area contributed by atoms with Crippen LogP contribution in [-0.4, -0.2) is 20.7 Å². The van der Waals surface area contributed by atoms with Crippen molar-refractivity contribution in [2.75, 3.05) is 11.8 Å². The molecule has 3 aromatic rings. The summed E-state index contributed by atoms with van der Waals surface area (Å²) in [6, 6.07) is 8.59. The van der Waals surface area contributed by atoms with Gasteiger partial charge in [-0.3, -0.25) is 4.72 Å². The van der Waals surface area contributed by atoms with E-state index < -0.39 is 26.8 Å². The first-order chi connectivity index (χ1) is 13.5. The summed E-state index contributed by atoms with van der Waals surface area (Å²) in [5, 5.41) is 3.20. The highest BCUT2D eigenvalue weighted by Gasteiger charge is 2.34. The molecule has 0 bridgehead atoms. The SMILES string of the molecule is COc1ccc(-c2cc(C)no2)cc1S(=O)(=O)Nc1ccc(Cl)c(C(F)(F)F)c1. The second-order valence-corrected chi connectivity index (χ2v) is 8.05. The molecular weight excluding hydrogens is 433 g/mol. The van der Waals surface area contributed by atoms with E-state index in [9.17, 15) is 21.6 Å². The first kappa shape index (κ1) is 21.0. The molecule has 0 unspecified atom stereocenters. The summed E-state index contributed by atoms with van der Waals surface area (Å²) < 4.78 is 77.2. The highest BCUT2D eigenvalue weighted by Crippen LogP contribution is 2.37. The molecule has 11 heteroatoms. The second kappa shape index (κ2) is 7.60. The van der Waals surface area contributed by atoms with E-state index in [0.717, 1.165) is 12.1 Å². The monoisotopic (exact) mass is 446 g/mol. The fraction of sp³-hybridized carbons (Fsp3) is 0.167. The van der Waals surface area contributed by atoms with E-state index in [0.29, 0.717) is 23.1 Å². The van der Waals surface area contributed by atoms with Gasteiger partial charge >= 0.3 is 6.18 Å². The third-order valence-corrected chi connectivity index (χ3v) is 5.62. The molecule has 1 N–H and O–H groups in total. The van der Waals surface area contributed by atoms with E-state index in [1.807, 2.05) is 0 Å². The van der Waals surface area contributed by atoms with Crippen molar-refractivity contribution in [1.29, 1.82) is 0 Å². The Bertz CT molecular complexity index is 1160. The number of hydrogen-bond donors (Lipinski definition) is 1. The Labute approximate surface area is 169 Å². The van der Waals surface area contributed by atoms with Crippen molar-refractivity contribution in [3.8, 4) is 17.1 Å². The number of benzene rings is 2. The predicted octanol–water partition coefficient (Wildman–Crippen LogP) is 5.13. The molecule has 0 amide bonds. The average molecular weight is 447 g/mol. The molecule has 29 heavy (non-hydrogen) atoms. The Balaban J connectivity index is 2.03. The number of sulfonamides is 1. The number of anilines is 1. The Morgan fingerprint density at radius 2 is 1.86 bits per heavy atom. The molecule has 0 spiro atoms. The van der Waals surface area contributed by atoms with Gasteiger partial charge in [-0.1, -0.05) is 16.8 Å².